The first-order valence-electron chi connectivity index (χ1n) is 9.69. The second-order valence-corrected chi connectivity index (χ2v) is 9.03. The number of nitrogens with one attached hydrogen (secondary N) is 1. The Balaban J connectivity index is 1.73. The van der Waals surface area contributed by atoms with Crippen molar-refractivity contribution in [2.45, 2.75) is 81.9 Å². The van der Waals surface area contributed by atoms with E-state index in [-0.39, 0.29) is 23.6 Å². The van der Waals surface area contributed by atoms with Crippen LogP contribution in [0.5, 0.6) is 0 Å². The maximum atomic E-state index is 12.5. The highest BCUT2D eigenvalue weighted by atomic mass is 32.2. The van der Waals surface area contributed by atoms with Gasteiger partial charge >= 0.3 is 12.0 Å². The van der Waals surface area contributed by atoms with Gasteiger partial charge in [0.25, 0.3) is 5.91 Å². The molecule has 148 valence electrons. The lowest BCUT2D eigenvalue weighted by Gasteiger charge is -2.24. The summed E-state index contributed by atoms with van der Waals surface area (Å²) in [6.07, 6.45) is 9.26. The van der Waals surface area contributed by atoms with Crippen LogP contribution in [-0.2, 0) is 20.4 Å². The van der Waals surface area contributed by atoms with Crippen molar-refractivity contribution in [2.24, 2.45) is 0 Å². The van der Waals surface area contributed by atoms with Crippen LogP contribution in [0.3, 0.4) is 0 Å². The molecule has 1 aliphatic carbocycles. The van der Waals surface area contributed by atoms with Crippen molar-refractivity contribution in [1.29, 1.82) is 0 Å². The Morgan fingerprint density at radius 1 is 1.12 bits per heavy atom. The van der Waals surface area contributed by atoms with E-state index in [1.54, 1.807) is 0 Å². The standard InChI is InChI=1S/C18H30N2O5S/c21-16(22)11-7-2-1-6-10-15-17(23)19-18(24)20(15)12-13-26(25)14-8-4-3-5-9-14/h14-15H,1-13H2,(H,21,22)(H,19,23,24). The molecular weight excluding hydrogens is 356 g/mol. The molecule has 2 N–H and O–H groups in total. The zero-order valence-electron chi connectivity index (χ0n) is 15.3. The predicted molar refractivity (Wildman–Crippen MR) is 99.3 cm³/mol. The first kappa shape index (κ1) is 20.9. The fourth-order valence-corrected chi connectivity index (χ4v) is 5.31. The quantitative estimate of drug-likeness (QED) is 0.419. The minimum atomic E-state index is -0.947. The van der Waals surface area contributed by atoms with Crippen LogP contribution in [-0.4, -0.2) is 55.7 Å². The molecule has 7 nitrogen and oxygen atoms in total. The van der Waals surface area contributed by atoms with Gasteiger partial charge in [-0.3, -0.25) is 19.1 Å². The van der Waals surface area contributed by atoms with Gasteiger partial charge in [0.2, 0.25) is 0 Å². The van der Waals surface area contributed by atoms with E-state index in [9.17, 15) is 18.6 Å². The molecule has 8 heteroatoms. The molecule has 0 aromatic heterocycles. The number of aliphatic carboxylic acids is 1. The van der Waals surface area contributed by atoms with Crippen molar-refractivity contribution in [2.75, 3.05) is 12.3 Å². The number of carbonyl (C=O) groups excluding carboxylic acids is 2. The van der Waals surface area contributed by atoms with Gasteiger partial charge in [-0.2, -0.15) is 0 Å². The van der Waals surface area contributed by atoms with Crippen LogP contribution in [0.4, 0.5) is 4.79 Å². The van der Waals surface area contributed by atoms with Crippen LogP contribution >= 0.6 is 0 Å². The average molecular weight is 387 g/mol. The van der Waals surface area contributed by atoms with E-state index in [0.29, 0.717) is 25.1 Å². The van der Waals surface area contributed by atoms with Crippen molar-refractivity contribution in [1.82, 2.24) is 10.2 Å². The number of carboxylic acid groups (broad SMARTS) is 1. The number of hydrogen-bond acceptors (Lipinski definition) is 4. The van der Waals surface area contributed by atoms with Gasteiger partial charge in [-0.25, -0.2) is 4.79 Å². The lowest BCUT2D eigenvalue weighted by molar-refractivity contribution is -0.137. The minimum absolute atomic E-state index is 0.168. The smallest absolute Gasteiger partial charge is 0.324 e. The molecule has 1 heterocycles. The molecule has 2 atom stereocenters. The van der Waals surface area contributed by atoms with Crippen LogP contribution in [0.2, 0.25) is 0 Å². The summed E-state index contributed by atoms with van der Waals surface area (Å²) in [6, 6.07) is -0.864. The second-order valence-electron chi connectivity index (χ2n) is 7.20. The van der Waals surface area contributed by atoms with Gasteiger partial charge < -0.3 is 10.0 Å². The molecule has 0 aromatic carbocycles. The Kier molecular flexibility index (Phi) is 8.54. The number of urea groups is 1. The Morgan fingerprint density at radius 2 is 1.81 bits per heavy atom. The number of carboxylic acids is 1. The number of amides is 3. The van der Waals surface area contributed by atoms with Crippen LogP contribution in [0.1, 0.15) is 70.6 Å². The summed E-state index contributed by atoms with van der Waals surface area (Å²) in [6.45, 7) is 0.352. The minimum Gasteiger partial charge on any atom is -0.481 e. The van der Waals surface area contributed by atoms with Gasteiger partial charge in [0, 0.05) is 34.8 Å². The van der Waals surface area contributed by atoms with Gasteiger partial charge in [-0.15, -0.1) is 0 Å². The van der Waals surface area contributed by atoms with Crippen LogP contribution in [0.15, 0.2) is 0 Å². The maximum absolute atomic E-state index is 12.5. The number of imide groups is 1. The van der Waals surface area contributed by atoms with Gasteiger partial charge in [0.1, 0.15) is 6.04 Å². The molecule has 2 aliphatic rings. The SMILES string of the molecule is O=C(O)CCCCCCC1C(=O)NC(=O)N1CCS(=O)C1CCCCC1. The van der Waals surface area contributed by atoms with Crippen molar-refractivity contribution < 1.29 is 23.7 Å². The molecule has 2 fully saturated rings. The van der Waals surface area contributed by atoms with Crippen molar-refractivity contribution >= 4 is 28.7 Å². The zero-order chi connectivity index (χ0) is 18.9. The van der Waals surface area contributed by atoms with Gasteiger partial charge in [-0.1, -0.05) is 38.5 Å². The third kappa shape index (κ3) is 6.37. The van der Waals surface area contributed by atoms with Gasteiger partial charge in [0.05, 0.1) is 0 Å². The Bertz CT molecular complexity index is 534. The summed E-state index contributed by atoms with van der Waals surface area (Å²) in [7, 11) is -0.947. The van der Waals surface area contributed by atoms with E-state index < -0.39 is 22.8 Å². The fraction of sp³-hybridized carbons (Fsp3) is 0.833. The molecule has 0 bridgehead atoms. The van der Waals surface area contributed by atoms with E-state index in [0.717, 1.165) is 44.9 Å². The normalized spacial score (nSPS) is 22.5. The number of nitrogens with zero attached hydrogens (tertiary/aromatic N) is 1. The summed E-state index contributed by atoms with van der Waals surface area (Å²) in [5.74, 6) is -0.632. The topological polar surface area (TPSA) is 104 Å². The molecule has 2 rings (SSSR count). The highest BCUT2D eigenvalue weighted by Crippen LogP contribution is 2.23. The molecule has 0 aromatic rings. The highest BCUT2D eigenvalue weighted by molar-refractivity contribution is 7.85. The van der Waals surface area contributed by atoms with E-state index in [1.807, 2.05) is 0 Å². The summed E-state index contributed by atoms with van der Waals surface area (Å²) in [5, 5.41) is 11.2. The summed E-state index contributed by atoms with van der Waals surface area (Å²) >= 11 is 0. The predicted octanol–water partition coefficient (Wildman–Crippen LogP) is 2.41. The van der Waals surface area contributed by atoms with E-state index in [1.165, 1.54) is 11.3 Å². The first-order chi connectivity index (χ1) is 12.5. The third-order valence-electron chi connectivity index (χ3n) is 5.25. The van der Waals surface area contributed by atoms with Crippen molar-refractivity contribution in [3.63, 3.8) is 0 Å². The Hall–Kier alpha value is -1.44. The van der Waals surface area contributed by atoms with Gasteiger partial charge in [-0.05, 0) is 25.7 Å². The number of rotatable bonds is 11. The molecule has 3 amide bonds. The Labute approximate surface area is 157 Å². The highest BCUT2D eigenvalue weighted by Gasteiger charge is 2.37. The average Bonchev–Trinajstić information content (AvgIpc) is 2.89. The zero-order valence-corrected chi connectivity index (χ0v) is 16.1. The van der Waals surface area contributed by atoms with Crippen molar-refractivity contribution in [3.8, 4) is 0 Å². The maximum Gasteiger partial charge on any atom is 0.324 e. The summed E-state index contributed by atoms with van der Waals surface area (Å²) in [5.41, 5.74) is 0. The fourth-order valence-electron chi connectivity index (χ4n) is 3.74. The van der Waals surface area contributed by atoms with E-state index in [4.69, 9.17) is 5.11 Å². The molecule has 2 unspecified atom stereocenters. The van der Waals surface area contributed by atoms with Crippen LogP contribution in [0, 0.1) is 0 Å². The molecular formula is C18H30N2O5S. The monoisotopic (exact) mass is 386 g/mol. The van der Waals surface area contributed by atoms with Crippen LogP contribution < -0.4 is 5.32 Å². The second kappa shape index (κ2) is 10.6. The first-order valence-corrected chi connectivity index (χ1v) is 11.1. The molecule has 1 aliphatic heterocycles. The molecule has 26 heavy (non-hydrogen) atoms. The number of unbranched alkanes of at least 4 members (excludes halogenated alkanes) is 3. The Morgan fingerprint density at radius 3 is 2.50 bits per heavy atom. The molecule has 0 radical (unpaired) electrons. The van der Waals surface area contributed by atoms with E-state index >= 15 is 0 Å². The summed E-state index contributed by atoms with van der Waals surface area (Å²) < 4.78 is 12.5. The van der Waals surface area contributed by atoms with E-state index in [2.05, 4.69) is 5.32 Å². The number of carbonyl (C=O) groups is 3. The van der Waals surface area contributed by atoms with Crippen molar-refractivity contribution in [3.05, 3.63) is 0 Å². The molecule has 1 saturated carbocycles. The molecule has 1 saturated heterocycles. The van der Waals surface area contributed by atoms with Gasteiger partial charge in [0.15, 0.2) is 0 Å². The third-order valence-corrected chi connectivity index (χ3v) is 7.05. The lowest BCUT2D eigenvalue weighted by atomic mass is 10.0. The van der Waals surface area contributed by atoms with Crippen LogP contribution in [0.25, 0.3) is 0 Å². The summed E-state index contributed by atoms with van der Waals surface area (Å²) in [4.78, 5) is 36.1. The largest absolute Gasteiger partial charge is 0.481 e. The number of hydrogen-bond donors (Lipinski definition) is 2. The molecule has 0 spiro atoms. The lowest BCUT2D eigenvalue weighted by Crippen LogP contribution is -2.39.